The fraction of sp³-hybridized carbons (Fsp3) is 0.639. The highest BCUT2D eigenvalue weighted by Crippen LogP contribution is 2.40. The van der Waals surface area contributed by atoms with E-state index >= 15 is 0 Å². The molecule has 0 fully saturated rings. The lowest BCUT2D eigenvalue weighted by Gasteiger charge is -2.32. The van der Waals surface area contributed by atoms with Crippen molar-refractivity contribution in [1.82, 2.24) is 38.1 Å². The Balaban J connectivity index is 1.44. The first-order chi connectivity index (χ1) is 38.4. The summed E-state index contributed by atoms with van der Waals surface area (Å²) >= 11 is 0. The number of nitrogen functional groups attached to an aromatic ring is 2. The van der Waals surface area contributed by atoms with Gasteiger partial charge in [-0.05, 0) is 98.9 Å². The van der Waals surface area contributed by atoms with Gasteiger partial charge in [0.05, 0.1) is 32.6 Å². The number of sulfonamides is 2. The molecule has 3 aromatic heterocycles. The molecule has 0 bridgehead atoms. The number of anilines is 2. The highest BCUT2D eigenvalue weighted by atomic mass is 32.2. The third-order valence-electron chi connectivity index (χ3n) is 15.4. The number of nitrogens with two attached hydrogens (primary N) is 2. The summed E-state index contributed by atoms with van der Waals surface area (Å²) in [6.45, 7) is 30.6. The van der Waals surface area contributed by atoms with Gasteiger partial charge in [-0.2, -0.15) is 38.4 Å². The van der Waals surface area contributed by atoms with Crippen molar-refractivity contribution in [1.29, 1.82) is 0 Å². The Morgan fingerprint density at radius 2 is 0.901 bits per heavy atom. The molecule has 2 aromatic carbocycles. The third kappa shape index (κ3) is 17.5. The van der Waals surface area contributed by atoms with Crippen LogP contribution in [0.1, 0.15) is 211 Å². The summed E-state index contributed by atoms with van der Waals surface area (Å²) in [6, 6.07) is 14.6. The molecular weight excluding hydrogens is 1060 g/mol. The average molecular weight is 1160 g/mol. The molecule has 448 valence electrons. The highest BCUT2D eigenvalue weighted by Gasteiger charge is 2.33. The first-order valence-corrected chi connectivity index (χ1v) is 32.9. The predicted octanol–water partition coefficient (Wildman–Crippen LogP) is 16.0. The van der Waals surface area contributed by atoms with Gasteiger partial charge in [-0.25, -0.2) is 26.8 Å². The lowest BCUT2D eigenvalue weighted by Crippen LogP contribution is -2.41. The van der Waals surface area contributed by atoms with Gasteiger partial charge >= 0.3 is 0 Å². The quantitative estimate of drug-likeness (QED) is 0.0297. The number of unbranched alkanes of at least 4 members (excludes halogenated alkanes) is 5. The van der Waals surface area contributed by atoms with Crippen molar-refractivity contribution in [2.75, 3.05) is 31.1 Å². The van der Waals surface area contributed by atoms with Gasteiger partial charge in [0.25, 0.3) is 0 Å². The van der Waals surface area contributed by atoms with Crippen molar-refractivity contribution in [2.45, 2.75) is 226 Å². The number of azo groups is 2. The second-order valence-corrected chi connectivity index (χ2v) is 27.9. The molecule has 0 saturated heterocycles. The lowest BCUT2D eigenvalue weighted by atomic mass is 9.91. The average Bonchev–Trinajstić information content (AvgIpc) is 4.18. The molecule has 0 saturated carbocycles. The van der Waals surface area contributed by atoms with Crippen LogP contribution in [0.4, 0.5) is 34.4 Å². The van der Waals surface area contributed by atoms with Crippen molar-refractivity contribution in [3.63, 3.8) is 0 Å². The van der Waals surface area contributed by atoms with E-state index in [1.807, 2.05) is 48.5 Å². The zero-order valence-corrected chi connectivity index (χ0v) is 53.1. The van der Waals surface area contributed by atoms with Crippen LogP contribution >= 0.6 is 0 Å². The van der Waals surface area contributed by atoms with Crippen LogP contribution in [0, 0.1) is 17.8 Å². The summed E-state index contributed by atoms with van der Waals surface area (Å²) in [4.78, 5) is 9.55. The SMILES string of the molecule is CCCCCC(C)N(CC(CC)CCCC)S(=O)(=O)c1ccc(/N=N/c2c(C(C)(C)C)nn(-c3cc(-n4nc(C(C)(C)C)c(/N=N/c5ccc(S(=O)(=O)N(CC(CC)CCCC)CC(CC)CCCC)cc5)c4N)ncn3)c2N)cc1. The van der Waals surface area contributed by atoms with Gasteiger partial charge in [0, 0.05) is 42.6 Å². The molecule has 0 aliphatic carbocycles. The molecule has 18 nitrogen and oxygen atoms in total. The Morgan fingerprint density at radius 1 is 0.519 bits per heavy atom. The Morgan fingerprint density at radius 3 is 1.27 bits per heavy atom. The molecule has 81 heavy (non-hydrogen) atoms. The standard InChI is InChI=1S/C61H98N14O4S2/c1-15-22-26-27-44(8)73(42-47(21-7)30-25-18-4)81(78,79)51-37-33-49(34-38-51)67-69-55-57(61(12,13)14)71-75(59(55)63)53-39-52(64-43-65-53)74-58(62)54(56(70-74)60(9,10)11)68-66-48-31-35-50(36-32-48)80(76,77)72(40-45(19-5)28-23-16-2)41-46(20-6)29-24-17-3/h31-39,43-47H,15-30,40-42,62-63H2,1-14H3/b68-66+,69-67+. The van der Waals surface area contributed by atoms with Crippen molar-refractivity contribution < 1.29 is 16.8 Å². The largest absolute Gasteiger partial charge is 0.382 e. The number of benzene rings is 2. The number of hydrogen-bond donors (Lipinski definition) is 2. The molecule has 0 aliphatic rings. The molecule has 5 aromatic rings. The summed E-state index contributed by atoms with van der Waals surface area (Å²) in [6.07, 6.45) is 17.5. The van der Waals surface area contributed by atoms with Crippen LogP contribution in [0.2, 0.25) is 0 Å². The van der Waals surface area contributed by atoms with E-state index in [0.717, 1.165) is 103 Å². The summed E-state index contributed by atoms with van der Waals surface area (Å²) in [5, 5.41) is 28.2. The molecule has 4 atom stereocenters. The second kappa shape index (κ2) is 30.2. The summed E-state index contributed by atoms with van der Waals surface area (Å²) in [5.41, 5.74) is 15.4. The minimum atomic E-state index is -3.81. The van der Waals surface area contributed by atoms with E-state index in [-0.39, 0.29) is 45.2 Å². The number of rotatable bonds is 33. The molecule has 4 N–H and O–H groups in total. The molecule has 0 aliphatic heterocycles. The minimum absolute atomic E-state index is 0.133. The number of nitrogens with zero attached hydrogens (tertiary/aromatic N) is 12. The second-order valence-electron chi connectivity index (χ2n) is 24.1. The first kappa shape index (κ1) is 66.4. The topological polar surface area (TPSA) is 238 Å². The monoisotopic (exact) mass is 1150 g/mol. The van der Waals surface area contributed by atoms with E-state index < -0.39 is 30.9 Å². The van der Waals surface area contributed by atoms with Crippen LogP contribution in [0.25, 0.3) is 11.6 Å². The van der Waals surface area contributed by atoms with Crippen LogP contribution in [0.3, 0.4) is 0 Å². The molecule has 5 rings (SSSR count). The van der Waals surface area contributed by atoms with E-state index in [2.05, 4.69) is 78.9 Å². The van der Waals surface area contributed by atoms with Crippen LogP contribution < -0.4 is 11.5 Å². The van der Waals surface area contributed by atoms with Crippen molar-refractivity contribution in [3.05, 3.63) is 72.3 Å². The third-order valence-corrected chi connectivity index (χ3v) is 19.3. The maximum absolute atomic E-state index is 14.4. The molecule has 0 spiro atoms. The summed E-state index contributed by atoms with van der Waals surface area (Å²) in [7, 11) is -7.61. The normalized spacial score (nSPS) is 14.5. The fourth-order valence-electron chi connectivity index (χ4n) is 10.0. The summed E-state index contributed by atoms with van der Waals surface area (Å²) in [5.74, 6) is 1.83. The Labute approximate surface area is 486 Å². The van der Waals surface area contributed by atoms with E-state index in [4.69, 9.17) is 21.7 Å². The van der Waals surface area contributed by atoms with E-state index in [0.29, 0.717) is 65.4 Å². The van der Waals surface area contributed by atoms with Crippen molar-refractivity contribution in [2.24, 2.45) is 38.2 Å². The van der Waals surface area contributed by atoms with Gasteiger partial charge in [0.1, 0.15) is 6.33 Å². The Bertz CT molecular complexity index is 3010. The number of aromatic nitrogens is 6. The molecule has 0 amide bonds. The molecule has 0 radical (unpaired) electrons. The van der Waals surface area contributed by atoms with Gasteiger partial charge in [-0.3, -0.25) is 0 Å². The number of hydrogen-bond acceptors (Lipinski definition) is 14. The first-order valence-electron chi connectivity index (χ1n) is 30.1. The van der Waals surface area contributed by atoms with E-state index in [1.165, 1.54) is 15.7 Å². The van der Waals surface area contributed by atoms with Gasteiger partial charge in [-0.1, -0.05) is 167 Å². The maximum atomic E-state index is 14.4. The van der Waals surface area contributed by atoms with Gasteiger partial charge in [0.2, 0.25) is 20.0 Å². The zero-order valence-electron chi connectivity index (χ0n) is 51.5. The van der Waals surface area contributed by atoms with Gasteiger partial charge in [0.15, 0.2) is 34.6 Å². The van der Waals surface area contributed by atoms with E-state index in [1.54, 1.807) is 63.2 Å². The smallest absolute Gasteiger partial charge is 0.243 e. The van der Waals surface area contributed by atoms with Crippen LogP contribution in [-0.4, -0.2) is 80.7 Å². The van der Waals surface area contributed by atoms with Gasteiger partial charge < -0.3 is 11.5 Å². The minimum Gasteiger partial charge on any atom is -0.382 e. The highest BCUT2D eigenvalue weighted by molar-refractivity contribution is 7.89. The molecule has 3 heterocycles. The molecule has 20 heteroatoms. The molecule has 4 unspecified atom stereocenters. The summed E-state index contributed by atoms with van der Waals surface area (Å²) < 4.78 is 64.0. The van der Waals surface area contributed by atoms with Crippen molar-refractivity contribution >= 4 is 54.4 Å². The van der Waals surface area contributed by atoms with Crippen molar-refractivity contribution in [3.8, 4) is 11.6 Å². The van der Waals surface area contributed by atoms with Crippen LogP contribution in [0.15, 0.2) is 91.2 Å². The Kier molecular flexibility index (Phi) is 24.8. The lowest BCUT2D eigenvalue weighted by molar-refractivity contribution is 0.259. The zero-order chi connectivity index (χ0) is 59.7. The molecular formula is C61H98N14O4S2. The van der Waals surface area contributed by atoms with Crippen LogP contribution in [-0.2, 0) is 30.9 Å². The van der Waals surface area contributed by atoms with E-state index in [9.17, 15) is 16.8 Å². The predicted molar refractivity (Wildman–Crippen MR) is 330 cm³/mol. The maximum Gasteiger partial charge on any atom is 0.243 e. The Hall–Kier alpha value is -5.44. The van der Waals surface area contributed by atoms with Crippen LogP contribution in [0.5, 0.6) is 0 Å². The fourth-order valence-corrected chi connectivity index (χ4v) is 13.4. The van der Waals surface area contributed by atoms with Gasteiger partial charge in [-0.15, -0.1) is 10.2 Å².